The summed E-state index contributed by atoms with van der Waals surface area (Å²) in [6, 6.07) is 0. The quantitative estimate of drug-likeness (QED) is 0.576. The number of aromatic amines is 1. The van der Waals surface area contributed by atoms with Crippen molar-refractivity contribution in [3.8, 4) is 0 Å². The van der Waals surface area contributed by atoms with Gasteiger partial charge in [-0.3, -0.25) is 0 Å². The molecule has 8 heteroatoms. The molecule has 1 amide bonds. The summed E-state index contributed by atoms with van der Waals surface area (Å²) in [7, 11) is 0. The third-order valence-electron chi connectivity index (χ3n) is 3.47. The van der Waals surface area contributed by atoms with E-state index in [1.807, 2.05) is 0 Å². The number of carbonyl (C=O) groups is 2. The third-order valence-corrected chi connectivity index (χ3v) is 3.47. The zero-order valence-corrected chi connectivity index (χ0v) is 15.6. The summed E-state index contributed by atoms with van der Waals surface area (Å²) in [5, 5.41) is 22.9. The van der Waals surface area contributed by atoms with Crippen LogP contribution in [0.5, 0.6) is 0 Å². The van der Waals surface area contributed by atoms with Crippen LogP contribution in [-0.4, -0.2) is 52.1 Å². The lowest BCUT2D eigenvalue weighted by Crippen LogP contribution is -2.39. The molecule has 0 radical (unpaired) electrons. The van der Waals surface area contributed by atoms with Gasteiger partial charge in [0.15, 0.2) is 0 Å². The van der Waals surface area contributed by atoms with Crippen LogP contribution >= 0.6 is 0 Å². The molecule has 0 aliphatic carbocycles. The maximum Gasteiger partial charge on any atom is 0.407 e. The Balaban J connectivity index is 2.79. The second-order valence-corrected chi connectivity index (χ2v) is 6.78. The Morgan fingerprint density at radius 3 is 2.36 bits per heavy atom. The predicted molar refractivity (Wildman–Crippen MR) is 91.4 cm³/mol. The highest BCUT2D eigenvalue weighted by Gasteiger charge is 2.27. The summed E-state index contributed by atoms with van der Waals surface area (Å²) in [6.07, 6.45) is -3.28. The normalized spacial score (nSPS) is 13.9. The lowest BCUT2D eigenvalue weighted by atomic mass is 10.0. The lowest BCUT2D eigenvalue weighted by Gasteiger charge is -2.22. The molecule has 0 bridgehead atoms. The van der Waals surface area contributed by atoms with E-state index in [1.54, 1.807) is 41.5 Å². The van der Waals surface area contributed by atoms with Crippen molar-refractivity contribution in [3.63, 3.8) is 0 Å². The number of alkyl carbamates (subject to hydrolysis) is 1. The fourth-order valence-electron chi connectivity index (χ4n) is 2.39. The summed E-state index contributed by atoms with van der Waals surface area (Å²) in [4.78, 5) is 26.5. The molecule has 8 nitrogen and oxygen atoms in total. The molecule has 25 heavy (non-hydrogen) atoms. The first-order valence-electron chi connectivity index (χ1n) is 8.17. The Morgan fingerprint density at radius 2 is 1.84 bits per heavy atom. The molecule has 0 saturated heterocycles. The van der Waals surface area contributed by atoms with E-state index in [-0.39, 0.29) is 13.2 Å². The number of aliphatic hydroxyl groups is 2. The number of rotatable bonds is 6. The molecule has 2 unspecified atom stereocenters. The van der Waals surface area contributed by atoms with Gasteiger partial charge in [-0.05, 0) is 47.1 Å². The number of amides is 1. The van der Waals surface area contributed by atoms with Crippen LogP contribution in [0.15, 0.2) is 0 Å². The number of H-pyrrole nitrogens is 1. The van der Waals surface area contributed by atoms with Gasteiger partial charge < -0.3 is 30.0 Å². The van der Waals surface area contributed by atoms with Crippen molar-refractivity contribution in [2.75, 3.05) is 13.2 Å². The van der Waals surface area contributed by atoms with Gasteiger partial charge in [-0.1, -0.05) is 0 Å². The van der Waals surface area contributed by atoms with Crippen LogP contribution in [0.4, 0.5) is 4.79 Å². The van der Waals surface area contributed by atoms with E-state index in [2.05, 4.69) is 10.3 Å². The summed E-state index contributed by atoms with van der Waals surface area (Å²) in [5.41, 5.74) is 1.02. The second kappa shape index (κ2) is 8.35. The van der Waals surface area contributed by atoms with Crippen LogP contribution in [0.3, 0.4) is 0 Å². The first-order valence-corrected chi connectivity index (χ1v) is 8.17. The minimum absolute atomic E-state index is 0.206. The van der Waals surface area contributed by atoms with Gasteiger partial charge in [0.25, 0.3) is 0 Å². The molecule has 1 rings (SSSR count). The number of hydrogen-bond donors (Lipinski definition) is 4. The van der Waals surface area contributed by atoms with Crippen LogP contribution in [0, 0.1) is 13.8 Å². The minimum atomic E-state index is -1.31. The smallest absolute Gasteiger partial charge is 0.407 e. The molecule has 0 aromatic carbocycles. The van der Waals surface area contributed by atoms with Crippen molar-refractivity contribution in [1.82, 2.24) is 10.3 Å². The molecule has 0 fully saturated rings. The van der Waals surface area contributed by atoms with E-state index in [0.29, 0.717) is 22.5 Å². The van der Waals surface area contributed by atoms with E-state index < -0.39 is 29.9 Å². The molecule has 1 heterocycles. The first kappa shape index (κ1) is 21.0. The molecular formula is C17H28N2O6. The highest BCUT2D eigenvalue weighted by Crippen LogP contribution is 2.26. The maximum atomic E-state index is 12.0. The molecule has 2 atom stereocenters. The third kappa shape index (κ3) is 5.75. The number of ether oxygens (including phenoxy) is 2. The van der Waals surface area contributed by atoms with Gasteiger partial charge in [-0.25, -0.2) is 9.59 Å². The fourth-order valence-corrected chi connectivity index (χ4v) is 2.39. The van der Waals surface area contributed by atoms with Gasteiger partial charge in [0.2, 0.25) is 0 Å². The van der Waals surface area contributed by atoms with Crippen molar-refractivity contribution in [1.29, 1.82) is 0 Å². The summed E-state index contributed by atoms with van der Waals surface area (Å²) >= 11 is 0. The van der Waals surface area contributed by atoms with Crippen molar-refractivity contribution in [3.05, 3.63) is 22.5 Å². The van der Waals surface area contributed by atoms with Gasteiger partial charge in [-0.15, -0.1) is 0 Å². The summed E-state index contributed by atoms with van der Waals surface area (Å²) in [6.45, 7) is 10.2. The second-order valence-electron chi connectivity index (χ2n) is 6.78. The topological polar surface area (TPSA) is 121 Å². The molecule has 1 aromatic heterocycles. The summed E-state index contributed by atoms with van der Waals surface area (Å²) < 4.78 is 10.1. The van der Waals surface area contributed by atoms with Gasteiger partial charge >= 0.3 is 12.1 Å². The standard InChI is InChI=1S/C17H28N2O6/c1-7-24-15(22)12-9(2)13(19-10(12)3)14(21)11(20)8-18-16(23)25-17(4,5)6/h11,14,19-21H,7-8H2,1-6H3,(H,18,23). The van der Waals surface area contributed by atoms with E-state index in [0.717, 1.165) is 0 Å². The van der Waals surface area contributed by atoms with Crippen LogP contribution in [0.2, 0.25) is 0 Å². The highest BCUT2D eigenvalue weighted by atomic mass is 16.6. The molecule has 0 saturated carbocycles. The van der Waals surface area contributed by atoms with Crippen LogP contribution in [0.25, 0.3) is 0 Å². The van der Waals surface area contributed by atoms with E-state index in [1.165, 1.54) is 0 Å². The number of aromatic nitrogens is 1. The summed E-state index contributed by atoms with van der Waals surface area (Å²) in [5.74, 6) is -0.492. The molecule has 142 valence electrons. The Hall–Kier alpha value is -2.06. The largest absolute Gasteiger partial charge is 0.462 e. The predicted octanol–water partition coefficient (Wildman–Crippen LogP) is 1.73. The zero-order chi connectivity index (χ0) is 19.4. The number of carbonyl (C=O) groups excluding carboxylic acids is 2. The SMILES string of the molecule is CCOC(=O)c1c(C)[nH]c(C(O)C(O)CNC(=O)OC(C)(C)C)c1C. The lowest BCUT2D eigenvalue weighted by molar-refractivity contribution is 0.0108. The van der Waals surface area contributed by atoms with E-state index in [9.17, 15) is 19.8 Å². The monoisotopic (exact) mass is 356 g/mol. The molecule has 0 aliphatic rings. The van der Waals surface area contributed by atoms with Crippen molar-refractivity contribution < 1.29 is 29.3 Å². The average Bonchev–Trinajstić information content (AvgIpc) is 2.77. The Labute approximate surface area is 147 Å². The van der Waals surface area contributed by atoms with Crippen LogP contribution < -0.4 is 5.32 Å². The zero-order valence-electron chi connectivity index (χ0n) is 15.6. The number of aliphatic hydroxyl groups excluding tert-OH is 2. The van der Waals surface area contributed by atoms with Crippen molar-refractivity contribution in [2.45, 2.75) is 59.4 Å². The molecule has 4 N–H and O–H groups in total. The fraction of sp³-hybridized carbons (Fsp3) is 0.647. The number of aryl methyl sites for hydroxylation is 1. The maximum absolute atomic E-state index is 12.0. The number of hydrogen-bond acceptors (Lipinski definition) is 6. The van der Waals surface area contributed by atoms with Crippen molar-refractivity contribution >= 4 is 12.1 Å². The average molecular weight is 356 g/mol. The van der Waals surface area contributed by atoms with Crippen molar-refractivity contribution in [2.24, 2.45) is 0 Å². The molecule has 1 aromatic rings. The van der Waals surface area contributed by atoms with Crippen LogP contribution in [0.1, 0.15) is 61.1 Å². The van der Waals surface area contributed by atoms with Gasteiger partial charge in [-0.2, -0.15) is 0 Å². The van der Waals surface area contributed by atoms with Gasteiger partial charge in [0, 0.05) is 12.2 Å². The minimum Gasteiger partial charge on any atom is -0.462 e. The molecule has 0 spiro atoms. The number of esters is 1. The highest BCUT2D eigenvalue weighted by molar-refractivity contribution is 5.92. The Morgan fingerprint density at radius 1 is 1.24 bits per heavy atom. The van der Waals surface area contributed by atoms with E-state index in [4.69, 9.17) is 9.47 Å². The van der Waals surface area contributed by atoms with Gasteiger partial charge in [0.05, 0.1) is 17.9 Å². The Kier molecular flexibility index (Phi) is 7.01. The Bertz CT molecular complexity index is 617. The van der Waals surface area contributed by atoms with Gasteiger partial charge in [0.1, 0.15) is 17.8 Å². The van der Waals surface area contributed by atoms with E-state index >= 15 is 0 Å². The van der Waals surface area contributed by atoms with Crippen LogP contribution in [-0.2, 0) is 9.47 Å². The first-order chi connectivity index (χ1) is 11.5. The number of nitrogens with one attached hydrogen (secondary N) is 2. The molecule has 0 aliphatic heterocycles. The molecular weight excluding hydrogens is 328 g/mol.